The molecule has 150 valence electrons. The summed E-state index contributed by atoms with van der Waals surface area (Å²) in [5, 5.41) is 4.22. The lowest BCUT2D eigenvalue weighted by Gasteiger charge is -2.30. The van der Waals surface area contributed by atoms with Crippen LogP contribution in [0.3, 0.4) is 0 Å². The van der Waals surface area contributed by atoms with Crippen molar-refractivity contribution in [2.75, 3.05) is 12.4 Å². The number of aromatic nitrogens is 2. The maximum absolute atomic E-state index is 13.0. The highest BCUT2D eigenvalue weighted by atomic mass is 16.6. The maximum atomic E-state index is 13.0. The second-order valence-corrected chi connectivity index (χ2v) is 7.52. The van der Waals surface area contributed by atoms with Crippen molar-refractivity contribution < 1.29 is 9.53 Å². The van der Waals surface area contributed by atoms with Crippen LogP contribution >= 0.6 is 0 Å². The summed E-state index contributed by atoms with van der Waals surface area (Å²) in [6.07, 6.45) is 1.73. The molecule has 0 aliphatic carbocycles. The molecule has 5 heteroatoms. The second kappa shape index (κ2) is 6.73. The van der Waals surface area contributed by atoms with Crippen molar-refractivity contribution in [3.8, 4) is 0 Å². The van der Waals surface area contributed by atoms with Gasteiger partial charge in [0.05, 0.1) is 5.56 Å². The van der Waals surface area contributed by atoms with Crippen LogP contribution in [0.15, 0.2) is 66.9 Å². The van der Waals surface area contributed by atoms with Gasteiger partial charge in [-0.1, -0.05) is 30.3 Å². The molecule has 2 aromatic heterocycles. The number of hydrogen-bond acceptors (Lipinski definition) is 4. The van der Waals surface area contributed by atoms with E-state index in [0.717, 1.165) is 40.0 Å². The number of nitrogens with one attached hydrogen (secondary N) is 1. The summed E-state index contributed by atoms with van der Waals surface area (Å²) in [5.74, 6) is -0.344. The standard InChI is InChI=1S/C25H23N3O2/c1-4-28-16(2)22(19-8-5-6-10-21(19)28)25(17-11-13-18(26-3)14-12-17)23-20(24(29)30-25)9-7-15-27-23/h5-15,26H,4H2,1-3H3. The Kier molecular flexibility index (Phi) is 4.13. The van der Waals surface area contributed by atoms with E-state index in [9.17, 15) is 4.79 Å². The molecule has 0 amide bonds. The molecule has 0 spiro atoms. The van der Waals surface area contributed by atoms with Gasteiger partial charge in [0.25, 0.3) is 0 Å². The fourth-order valence-electron chi connectivity index (χ4n) is 4.76. The van der Waals surface area contributed by atoms with E-state index >= 15 is 0 Å². The van der Waals surface area contributed by atoms with E-state index in [2.05, 4.69) is 40.8 Å². The van der Waals surface area contributed by atoms with E-state index in [0.29, 0.717) is 11.3 Å². The van der Waals surface area contributed by atoms with E-state index < -0.39 is 5.60 Å². The van der Waals surface area contributed by atoms with Crippen LogP contribution in [-0.4, -0.2) is 22.6 Å². The highest BCUT2D eigenvalue weighted by Gasteiger charge is 2.52. The normalized spacial score (nSPS) is 17.8. The third-order valence-electron chi connectivity index (χ3n) is 6.09. The molecular formula is C25H23N3O2. The molecule has 0 saturated heterocycles. The number of fused-ring (bicyclic) bond motifs is 2. The SMILES string of the molecule is CCn1c(C)c(C2(c3ccc(NC)cc3)OC(=O)c3cccnc32)c2ccccc21. The summed E-state index contributed by atoms with van der Waals surface area (Å²) in [5.41, 5.74) is 5.12. The summed E-state index contributed by atoms with van der Waals surface area (Å²) in [6, 6.07) is 19.9. The molecule has 1 aliphatic heterocycles. The molecule has 5 nitrogen and oxygen atoms in total. The topological polar surface area (TPSA) is 56.2 Å². The Morgan fingerprint density at radius 1 is 1.07 bits per heavy atom. The molecule has 1 atom stereocenters. The zero-order chi connectivity index (χ0) is 20.9. The summed E-state index contributed by atoms with van der Waals surface area (Å²) >= 11 is 0. The van der Waals surface area contributed by atoms with E-state index in [1.807, 2.05) is 43.4 Å². The Morgan fingerprint density at radius 2 is 1.83 bits per heavy atom. The van der Waals surface area contributed by atoms with Gasteiger partial charge in [-0.25, -0.2) is 4.79 Å². The minimum atomic E-state index is -1.09. The Morgan fingerprint density at radius 3 is 2.57 bits per heavy atom. The maximum Gasteiger partial charge on any atom is 0.341 e. The minimum Gasteiger partial charge on any atom is -0.439 e. The van der Waals surface area contributed by atoms with Gasteiger partial charge in [-0.15, -0.1) is 0 Å². The summed E-state index contributed by atoms with van der Waals surface area (Å²) < 4.78 is 8.54. The van der Waals surface area contributed by atoms with Crippen LogP contribution in [0.5, 0.6) is 0 Å². The average molecular weight is 397 g/mol. The zero-order valence-corrected chi connectivity index (χ0v) is 17.3. The van der Waals surface area contributed by atoms with E-state index in [1.54, 1.807) is 18.3 Å². The van der Waals surface area contributed by atoms with Crippen molar-refractivity contribution in [1.82, 2.24) is 9.55 Å². The molecular weight excluding hydrogens is 374 g/mol. The number of ether oxygens (including phenoxy) is 1. The lowest BCUT2D eigenvalue weighted by molar-refractivity contribution is 0.0245. The first-order chi connectivity index (χ1) is 14.6. The molecule has 2 aromatic carbocycles. The van der Waals surface area contributed by atoms with E-state index in [1.165, 1.54) is 0 Å². The number of carbonyl (C=O) groups excluding carboxylic acids is 1. The van der Waals surface area contributed by atoms with Crippen LogP contribution in [-0.2, 0) is 16.9 Å². The molecule has 0 saturated carbocycles. The first-order valence-electron chi connectivity index (χ1n) is 10.2. The predicted molar refractivity (Wildman–Crippen MR) is 118 cm³/mol. The molecule has 1 N–H and O–H groups in total. The molecule has 0 fully saturated rings. The molecule has 0 bridgehead atoms. The molecule has 30 heavy (non-hydrogen) atoms. The summed E-state index contributed by atoms with van der Waals surface area (Å²) in [6.45, 7) is 5.05. The summed E-state index contributed by atoms with van der Waals surface area (Å²) in [4.78, 5) is 17.7. The van der Waals surface area contributed by atoms with Crippen molar-refractivity contribution in [1.29, 1.82) is 0 Å². The van der Waals surface area contributed by atoms with Gasteiger partial charge in [-0.05, 0) is 44.2 Å². The first kappa shape index (κ1) is 18.4. The number of benzene rings is 2. The molecule has 0 radical (unpaired) electrons. The molecule has 1 aliphatic rings. The van der Waals surface area contributed by atoms with Crippen LogP contribution in [0, 0.1) is 6.92 Å². The third kappa shape index (κ3) is 2.35. The Labute approximate surface area is 175 Å². The van der Waals surface area contributed by atoms with Crippen molar-refractivity contribution in [2.45, 2.75) is 26.0 Å². The van der Waals surface area contributed by atoms with E-state index in [-0.39, 0.29) is 5.97 Å². The fourth-order valence-corrected chi connectivity index (χ4v) is 4.76. The molecule has 3 heterocycles. The lowest BCUT2D eigenvalue weighted by atomic mass is 9.81. The molecule has 4 aromatic rings. The minimum absolute atomic E-state index is 0.344. The number of anilines is 1. The number of esters is 1. The largest absolute Gasteiger partial charge is 0.439 e. The van der Waals surface area contributed by atoms with Crippen LogP contribution in [0.2, 0.25) is 0 Å². The molecule has 5 rings (SSSR count). The zero-order valence-electron chi connectivity index (χ0n) is 17.3. The van der Waals surface area contributed by atoms with Gasteiger partial charge < -0.3 is 14.6 Å². The first-order valence-corrected chi connectivity index (χ1v) is 10.2. The van der Waals surface area contributed by atoms with E-state index in [4.69, 9.17) is 4.74 Å². The van der Waals surface area contributed by atoms with Crippen LogP contribution in [0.4, 0.5) is 5.69 Å². The monoisotopic (exact) mass is 397 g/mol. The number of pyridine rings is 1. The van der Waals surface area contributed by atoms with Crippen LogP contribution < -0.4 is 5.32 Å². The van der Waals surface area contributed by atoms with Crippen molar-refractivity contribution in [2.24, 2.45) is 0 Å². The van der Waals surface area contributed by atoms with Crippen molar-refractivity contribution in [3.05, 3.63) is 94.9 Å². The Bertz CT molecular complexity index is 1270. The van der Waals surface area contributed by atoms with Crippen LogP contribution in [0.25, 0.3) is 10.9 Å². The van der Waals surface area contributed by atoms with Gasteiger partial charge in [-0.2, -0.15) is 0 Å². The van der Waals surface area contributed by atoms with Gasteiger partial charge in [0, 0.05) is 53.2 Å². The number of rotatable bonds is 4. The van der Waals surface area contributed by atoms with Crippen molar-refractivity contribution in [3.63, 3.8) is 0 Å². The highest BCUT2D eigenvalue weighted by molar-refractivity contribution is 5.98. The number of cyclic esters (lactones) is 1. The van der Waals surface area contributed by atoms with Gasteiger partial charge in [-0.3, -0.25) is 4.98 Å². The number of carbonyl (C=O) groups is 1. The quantitative estimate of drug-likeness (QED) is 0.499. The van der Waals surface area contributed by atoms with Crippen molar-refractivity contribution >= 4 is 22.6 Å². The average Bonchev–Trinajstić information content (AvgIpc) is 3.25. The van der Waals surface area contributed by atoms with Crippen LogP contribution in [0.1, 0.15) is 39.8 Å². The number of hydrogen-bond donors (Lipinski definition) is 1. The van der Waals surface area contributed by atoms with Gasteiger partial charge >= 0.3 is 5.97 Å². The number of aryl methyl sites for hydroxylation is 1. The molecule has 1 unspecified atom stereocenters. The third-order valence-corrected chi connectivity index (χ3v) is 6.09. The highest BCUT2D eigenvalue weighted by Crippen LogP contribution is 2.50. The Balaban J connectivity index is 1.92. The fraction of sp³-hybridized carbons (Fsp3) is 0.200. The second-order valence-electron chi connectivity index (χ2n) is 7.52. The summed E-state index contributed by atoms with van der Waals surface area (Å²) in [7, 11) is 1.89. The smallest absolute Gasteiger partial charge is 0.341 e. The lowest BCUT2D eigenvalue weighted by Crippen LogP contribution is -2.31. The number of para-hydroxylation sites is 1. The number of nitrogens with zero attached hydrogens (tertiary/aromatic N) is 2. The predicted octanol–water partition coefficient (Wildman–Crippen LogP) is 4.87. The van der Waals surface area contributed by atoms with Gasteiger partial charge in [0.2, 0.25) is 5.60 Å². The van der Waals surface area contributed by atoms with Gasteiger partial charge in [0.15, 0.2) is 0 Å². The Hall–Kier alpha value is -3.60. The van der Waals surface area contributed by atoms with Gasteiger partial charge in [0.1, 0.15) is 5.69 Å².